The zero-order valence-corrected chi connectivity index (χ0v) is 22.1. The topological polar surface area (TPSA) is 73.6 Å². The monoisotopic (exact) mass is 561 g/mol. The van der Waals surface area contributed by atoms with Crippen LogP contribution in [0.5, 0.6) is 0 Å². The number of furan rings is 1. The third-order valence-corrected chi connectivity index (χ3v) is 6.47. The van der Waals surface area contributed by atoms with Crippen LogP contribution in [0.4, 0.5) is 0 Å². The Morgan fingerprint density at radius 1 is 1.06 bits per heavy atom. The summed E-state index contributed by atoms with van der Waals surface area (Å²) >= 11 is 0. The highest BCUT2D eigenvalue weighted by Gasteiger charge is 2.28. The molecule has 2 aliphatic rings. The molecule has 8 nitrogen and oxygen atoms in total. The third kappa shape index (κ3) is 7.08. The lowest BCUT2D eigenvalue weighted by molar-refractivity contribution is 0.00388. The fraction of sp³-hybridized carbons (Fsp3) is 0.739. The molecule has 1 aromatic heterocycles. The second-order valence-electron chi connectivity index (χ2n) is 8.24. The van der Waals surface area contributed by atoms with Crippen molar-refractivity contribution in [3.05, 3.63) is 24.2 Å². The van der Waals surface area contributed by atoms with Crippen molar-refractivity contribution in [2.75, 3.05) is 65.6 Å². The molecule has 32 heavy (non-hydrogen) atoms. The van der Waals surface area contributed by atoms with Crippen molar-refractivity contribution in [2.24, 2.45) is 10.9 Å². The first kappa shape index (κ1) is 26.9. The van der Waals surface area contributed by atoms with Gasteiger partial charge >= 0.3 is 0 Å². The van der Waals surface area contributed by atoms with Crippen molar-refractivity contribution in [1.29, 1.82) is 0 Å². The number of morpholine rings is 1. The van der Waals surface area contributed by atoms with Crippen LogP contribution in [-0.4, -0.2) is 98.2 Å². The average Bonchev–Trinajstić information content (AvgIpc) is 3.36. The van der Waals surface area contributed by atoms with Gasteiger partial charge in [0, 0.05) is 51.9 Å². The number of halogens is 1. The second kappa shape index (κ2) is 14.0. The van der Waals surface area contributed by atoms with E-state index in [1.807, 2.05) is 4.90 Å². The minimum absolute atomic E-state index is 0. The first-order chi connectivity index (χ1) is 15.2. The summed E-state index contributed by atoms with van der Waals surface area (Å²) in [6.45, 7) is 14.8. The van der Waals surface area contributed by atoms with Gasteiger partial charge in [-0.1, -0.05) is 26.7 Å². The number of nitrogens with zero attached hydrogens (tertiary/aromatic N) is 4. The first-order valence-corrected chi connectivity index (χ1v) is 11.9. The molecule has 3 rings (SSSR count). The summed E-state index contributed by atoms with van der Waals surface area (Å²) in [7, 11) is 0. The maximum atomic E-state index is 12.5. The van der Waals surface area contributed by atoms with Crippen LogP contribution in [0.1, 0.15) is 44.2 Å². The average molecular weight is 562 g/mol. The molecule has 1 unspecified atom stereocenters. The highest BCUT2D eigenvalue weighted by Crippen LogP contribution is 2.21. The molecule has 9 heteroatoms. The SMILES string of the molecule is CCNC(=NCC(C(CC)CC)N1CCOCC1)N1CCN(C(=O)c2ccco2)CC1.I. The van der Waals surface area contributed by atoms with Crippen molar-refractivity contribution in [2.45, 2.75) is 39.7 Å². The summed E-state index contributed by atoms with van der Waals surface area (Å²) in [5.41, 5.74) is 0. The molecule has 0 bridgehead atoms. The van der Waals surface area contributed by atoms with Crippen LogP contribution in [0, 0.1) is 5.92 Å². The minimum atomic E-state index is -0.0345. The molecule has 0 aliphatic carbocycles. The molecule has 0 saturated carbocycles. The van der Waals surface area contributed by atoms with Gasteiger partial charge in [0.25, 0.3) is 5.91 Å². The number of hydrogen-bond acceptors (Lipinski definition) is 5. The summed E-state index contributed by atoms with van der Waals surface area (Å²) in [4.78, 5) is 24.3. The number of aliphatic imine (C=N–C) groups is 1. The van der Waals surface area contributed by atoms with E-state index < -0.39 is 0 Å². The molecule has 1 atom stereocenters. The molecule has 0 radical (unpaired) electrons. The fourth-order valence-corrected chi connectivity index (χ4v) is 4.59. The Balaban J connectivity index is 0.00000363. The Morgan fingerprint density at radius 3 is 2.28 bits per heavy atom. The van der Waals surface area contributed by atoms with E-state index in [0.29, 0.717) is 30.8 Å². The van der Waals surface area contributed by atoms with E-state index in [0.717, 1.165) is 71.3 Å². The third-order valence-electron chi connectivity index (χ3n) is 6.47. The standard InChI is InChI=1S/C23H39N5O3.HI/c1-4-19(5-2)20(26-13-16-30-17-14-26)18-25-23(24-6-3)28-11-9-27(10-12-28)22(29)21-8-7-15-31-21;/h7-8,15,19-20H,4-6,9-14,16-18H2,1-3H3,(H,24,25);1H. The zero-order valence-electron chi connectivity index (χ0n) is 19.8. The Labute approximate surface area is 209 Å². The van der Waals surface area contributed by atoms with Gasteiger partial charge in [0.1, 0.15) is 0 Å². The van der Waals surface area contributed by atoms with Crippen molar-refractivity contribution >= 4 is 35.8 Å². The van der Waals surface area contributed by atoms with Gasteiger partial charge < -0.3 is 24.3 Å². The Morgan fingerprint density at radius 2 is 1.72 bits per heavy atom. The molecule has 2 fully saturated rings. The van der Waals surface area contributed by atoms with Gasteiger partial charge in [0.05, 0.1) is 26.0 Å². The molecule has 2 saturated heterocycles. The Kier molecular flexibility index (Phi) is 11.8. The largest absolute Gasteiger partial charge is 0.459 e. The minimum Gasteiger partial charge on any atom is -0.459 e. The number of ether oxygens (including phenoxy) is 1. The molecule has 182 valence electrons. The predicted octanol–water partition coefficient (Wildman–Crippen LogP) is 2.76. The van der Waals surface area contributed by atoms with E-state index in [4.69, 9.17) is 14.1 Å². The molecular weight excluding hydrogens is 521 g/mol. The van der Waals surface area contributed by atoms with Gasteiger partial charge in [-0.3, -0.25) is 14.7 Å². The van der Waals surface area contributed by atoms with Crippen molar-refractivity contribution in [1.82, 2.24) is 20.0 Å². The van der Waals surface area contributed by atoms with E-state index in [2.05, 4.69) is 35.9 Å². The predicted molar refractivity (Wildman–Crippen MR) is 138 cm³/mol. The Hall–Kier alpha value is -1.33. The number of guanidine groups is 1. The fourth-order valence-electron chi connectivity index (χ4n) is 4.59. The lowest BCUT2D eigenvalue weighted by atomic mass is 9.92. The number of nitrogens with one attached hydrogen (secondary N) is 1. The van der Waals surface area contributed by atoms with Gasteiger partial charge in [-0.15, -0.1) is 24.0 Å². The maximum Gasteiger partial charge on any atom is 0.289 e. The summed E-state index contributed by atoms with van der Waals surface area (Å²) in [6, 6.07) is 3.92. The second-order valence-corrected chi connectivity index (χ2v) is 8.24. The van der Waals surface area contributed by atoms with E-state index in [1.54, 1.807) is 18.4 Å². The number of amides is 1. The number of rotatable bonds is 8. The smallest absolute Gasteiger partial charge is 0.289 e. The van der Waals surface area contributed by atoms with Gasteiger partial charge in [0.2, 0.25) is 0 Å². The molecular formula is C23H40IN5O3. The first-order valence-electron chi connectivity index (χ1n) is 11.9. The van der Waals surface area contributed by atoms with E-state index in [-0.39, 0.29) is 29.9 Å². The van der Waals surface area contributed by atoms with Gasteiger partial charge in [-0.05, 0) is 25.0 Å². The van der Waals surface area contributed by atoms with Gasteiger partial charge in [-0.2, -0.15) is 0 Å². The van der Waals surface area contributed by atoms with Gasteiger partial charge in [0.15, 0.2) is 11.7 Å². The molecule has 1 N–H and O–H groups in total. The molecule has 1 amide bonds. The number of carbonyl (C=O) groups excluding carboxylic acids is 1. The maximum absolute atomic E-state index is 12.5. The zero-order chi connectivity index (χ0) is 22.1. The number of carbonyl (C=O) groups is 1. The normalized spacial score (nSPS) is 19.1. The van der Waals surface area contributed by atoms with Crippen LogP contribution in [0.3, 0.4) is 0 Å². The molecule has 0 spiro atoms. The van der Waals surface area contributed by atoms with Crippen LogP contribution in [0.2, 0.25) is 0 Å². The van der Waals surface area contributed by atoms with Crippen LogP contribution < -0.4 is 5.32 Å². The summed E-state index contributed by atoms with van der Waals surface area (Å²) in [5.74, 6) is 1.96. The van der Waals surface area contributed by atoms with E-state index >= 15 is 0 Å². The van der Waals surface area contributed by atoms with Crippen LogP contribution in [-0.2, 0) is 4.74 Å². The van der Waals surface area contributed by atoms with Crippen LogP contribution in [0.25, 0.3) is 0 Å². The Bertz CT molecular complexity index is 682. The van der Waals surface area contributed by atoms with E-state index in [9.17, 15) is 4.79 Å². The highest BCUT2D eigenvalue weighted by molar-refractivity contribution is 14.0. The highest BCUT2D eigenvalue weighted by atomic mass is 127. The summed E-state index contributed by atoms with van der Waals surface area (Å²) in [5, 5.41) is 3.47. The number of piperazine rings is 1. The molecule has 3 heterocycles. The van der Waals surface area contributed by atoms with Crippen molar-refractivity contribution in [3.8, 4) is 0 Å². The lowest BCUT2D eigenvalue weighted by Gasteiger charge is -2.39. The summed E-state index contributed by atoms with van der Waals surface area (Å²) < 4.78 is 10.8. The van der Waals surface area contributed by atoms with E-state index in [1.165, 1.54) is 0 Å². The van der Waals surface area contributed by atoms with Crippen LogP contribution >= 0.6 is 24.0 Å². The van der Waals surface area contributed by atoms with Crippen molar-refractivity contribution in [3.63, 3.8) is 0 Å². The molecule has 0 aromatic carbocycles. The molecule has 2 aliphatic heterocycles. The van der Waals surface area contributed by atoms with Gasteiger partial charge in [-0.25, -0.2) is 0 Å². The molecule has 1 aromatic rings. The quantitative estimate of drug-likeness (QED) is 0.299. The van der Waals surface area contributed by atoms with Crippen molar-refractivity contribution < 1.29 is 13.9 Å². The van der Waals surface area contributed by atoms with Crippen LogP contribution in [0.15, 0.2) is 27.8 Å². The summed E-state index contributed by atoms with van der Waals surface area (Å²) in [6.07, 6.45) is 3.88. The number of hydrogen-bond donors (Lipinski definition) is 1. The lowest BCUT2D eigenvalue weighted by Crippen LogP contribution is -2.54.